The highest BCUT2D eigenvalue weighted by Gasteiger charge is 2.20. The number of hydrogen-bond donors (Lipinski definition) is 1. The van der Waals surface area contributed by atoms with Crippen LogP contribution in [0.4, 0.5) is 4.39 Å². The quantitative estimate of drug-likeness (QED) is 0.865. The van der Waals surface area contributed by atoms with Gasteiger partial charge in [0.25, 0.3) is 0 Å². The van der Waals surface area contributed by atoms with Crippen LogP contribution in [0, 0.1) is 5.82 Å². The third-order valence-corrected chi connectivity index (χ3v) is 4.68. The van der Waals surface area contributed by atoms with E-state index in [0.717, 1.165) is 12.1 Å². The minimum absolute atomic E-state index is 0.00671. The number of sulfonamides is 1. The Kier molecular flexibility index (Phi) is 5.71. The number of hydrogen-bond acceptors (Lipinski definition) is 3. The molecule has 0 heterocycles. The van der Waals surface area contributed by atoms with Gasteiger partial charge in [0.1, 0.15) is 5.82 Å². The normalized spacial score (nSPS) is 13.6. The lowest BCUT2D eigenvalue weighted by molar-refractivity contribution is 0.133. The van der Waals surface area contributed by atoms with Gasteiger partial charge >= 0.3 is 0 Å². The van der Waals surface area contributed by atoms with Crippen molar-refractivity contribution >= 4 is 26.0 Å². The molecule has 1 N–H and O–H groups in total. The van der Waals surface area contributed by atoms with E-state index in [1.807, 2.05) is 6.92 Å². The van der Waals surface area contributed by atoms with Crippen molar-refractivity contribution in [1.82, 2.24) is 4.72 Å². The van der Waals surface area contributed by atoms with Crippen molar-refractivity contribution in [3.05, 3.63) is 28.5 Å². The van der Waals surface area contributed by atoms with Gasteiger partial charge in [-0.3, -0.25) is 0 Å². The van der Waals surface area contributed by atoms with Crippen molar-refractivity contribution in [3.8, 4) is 0 Å². The van der Waals surface area contributed by atoms with Crippen LogP contribution in [0.5, 0.6) is 0 Å². The summed E-state index contributed by atoms with van der Waals surface area (Å²) in [5.41, 5.74) is 0. The van der Waals surface area contributed by atoms with Crippen LogP contribution in [0.3, 0.4) is 0 Å². The van der Waals surface area contributed by atoms with Gasteiger partial charge in [-0.25, -0.2) is 17.5 Å². The first kappa shape index (κ1) is 15.6. The summed E-state index contributed by atoms with van der Waals surface area (Å²) in [5.74, 6) is -0.497. The highest BCUT2D eigenvalue weighted by atomic mass is 79.9. The van der Waals surface area contributed by atoms with E-state index >= 15 is 0 Å². The maximum absolute atomic E-state index is 12.9. The fourth-order valence-corrected chi connectivity index (χ4v) is 3.63. The average molecular weight is 340 g/mol. The molecule has 1 rings (SSSR count). The summed E-state index contributed by atoms with van der Waals surface area (Å²) in [5, 5.41) is 0. The van der Waals surface area contributed by atoms with Crippen LogP contribution in [0.15, 0.2) is 27.6 Å². The molecule has 0 fully saturated rings. The van der Waals surface area contributed by atoms with Gasteiger partial charge in [-0.15, -0.1) is 0 Å². The Hall–Kier alpha value is -0.500. The van der Waals surface area contributed by atoms with Crippen molar-refractivity contribution in [2.24, 2.45) is 0 Å². The fourth-order valence-electron chi connectivity index (χ4n) is 1.35. The summed E-state index contributed by atoms with van der Waals surface area (Å²) < 4.78 is 44.7. The molecule has 0 saturated carbocycles. The summed E-state index contributed by atoms with van der Waals surface area (Å²) in [6.45, 7) is 4.34. The number of benzene rings is 1. The van der Waals surface area contributed by atoms with E-state index in [4.69, 9.17) is 4.74 Å². The molecule has 0 radical (unpaired) electrons. The van der Waals surface area contributed by atoms with E-state index in [2.05, 4.69) is 20.7 Å². The molecule has 0 bridgehead atoms. The summed E-state index contributed by atoms with van der Waals surface area (Å²) in [6.07, 6.45) is 0. The lowest BCUT2D eigenvalue weighted by Crippen LogP contribution is -2.36. The standard InChI is InChI=1S/C11H15BrFNO3S/c1-3-17-7-8(2)14-18(15,16)11-5-4-9(13)6-10(11)12/h4-6,8,14H,3,7H2,1-2H3. The Bertz CT molecular complexity index is 507. The van der Waals surface area contributed by atoms with E-state index in [-0.39, 0.29) is 22.0 Å². The van der Waals surface area contributed by atoms with Crippen molar-refractivity contribution in [2.45, 2.75) is 24.8 Å². The highest BCUT2D eigenvalue weighted by molar-refractivity contribution is 9.10. The molecule has 1 aromatic carbocycles. The third kappa shape index (κ3) is 4.31. The zero-order valence-electron chi connectivity index (χ0n) is 10.1. The van der Waals surface area contributed by atoms with Crippen LogP contribution in [0.2, 0.25) is 0 Å². The third-order valence-electron chi connectivity index (χ3n) is 2.11. The fraction of sp³-hybridized carbons (Fsp3) is 0.455. The van der Waals surface area contributed by atoms with Crippen molar-refractivity contribution < 1.29 is 17.5 Å². The van der Waals surface area contributed by atoms with Gasteiger partial charge < -0.3 is 4.74 Å². The van der Waals surface area contributed by atoms with Crippen molar-refractivity contribution in [2.75, 3.05) is 13.2 Å². The second kappa shape index (κ2) is 6.60. The molecule has 0 saturated heterocycles. The lowest BCUT2D eigenvalue weighted by atomic mass is 10.3. The van der Waals surface area contributed by atoms with Crippen LogP contribution in [-0.4, -0.2) is 27.7 Å². The molecule has 1 atom stereocenters. The molecule has 4 nitrogen and oxygen atoms in total. The minimum Gasteiger partial charge on any atom is -0.380 e. The molecule has 0 spiro atoms. The second-order valence-electron chi connectivity index (χ2n) is 3.76. The Morgan fingerprint density at radius 3 is 2.72 bits per heavy atom. The molecular formula is C11H15BrFNO3S. The van der Waals surface area contributed by atoms with E-state index in [1.165, 1.54) is 6.07 Å². The Morgan fingerprint density at radius 1 is 1.50 bits per heavy atom. The topological polar surface area (TPSA) is 55.4 Å². The average Bonchev–Trinajstić information content (AvgIpc) is 2.25. The zero-order valence-corrected chi connectivity index (χ0v) is 12.5. The van der Waals surface area contributed by atoms with Crippen LogP contribution >= 0.6 is 15.9 Å². The largest absolute Gasteiger partial charge is 0.380 e. The first-order chi connectivity index (χ1) is 8.36. The smallest absolute Gasteiger partial charge is 0.242 e. The van der Waals surface area contributed by atoms with Gasteiger partial charge in [0, 0.05) is 17.1 Å². The molecule has 0 aliphatic carbocycles. The monoisotopic (exact) mass is 339 g/mol. The van der Waals surface area contributed by atoms with Gasteiger partial charge in [-0.1, -0.05) is 0 Å². The molecule has 18 heavy (non-hydrogen) atoms. The summed E-state index contributed by atoms with van der Waals surface area (Å²) in [7, 11) is -3.68. The van der Waals surface area contributed by atoms with Gasteiger partial charge in [-0.2, -0.15) is 0 Å². The van der Waals surface area contributed by atoms with Crippen molar-refractivity contribution in [1.29, 1.82) is 0 Å². The molecule has 1 unspecified atom stereocenters. The van der Waals surface area contributed by atoms with Gasteiger partial charge in [0.2, 0.25) is 10.0 Å². The van der Waals surface area contributed by atoms with Crippen molar-refractivity contribution in [3.63, 3.8) is 0 Å². The first-order valence-electron chi connectivity index (χ1n) is 5.42. The molecule has 0 aliphatic heterocycles. The predicted molar refractivity (Wildman–Crippen MR) is 70.4 cm³/mol. The molecule has 0 aromatic heterocycles. The SMILES string of the molecule is CCOCC(C)NS(=O)(=O)c1ccc(F)cc1Br. The highest BCUT2D eigenvalue weighted by Crippen LogP contribution is 2.22. The Labute approximate surface area is 115 Å². The minimum atomic E-state index is -3.68. The summed E-state index contributed by atoms with van der Waals surface area (Å²) in [6, 6.07) is 3.08. The molecular weight excluding hydrogens is 325 g/mol. The van der Waals surface area contributed by atoms with Gasteiger partial charge in [0.15, 0.2) is 0 Å². The number of nitrogens with one attached hydrogen (secondary N) is 1. The lowest BCUT2D eigenvalue weighted by Gasteiger charge is -2.14. The first-order valence-corrected chi connectivity index (χ1v) is 7.69. The Morgan fingerprint density at radius 2 is 2.17 bits per heavy atom. The molecule has 7 heteroatoms. The van der Waals surface area contributed by atoms with E-state index in [0.29, 0.717) is 6.61 Å². The maximum Gasteiger partial charge on any atom is 0.242 e. The summed E-state index contributed by atoms with van der Waals surface area (Å²) >= 11 is 3.04. The zero-order chi connectivity index (χ0) is 13.8. The van der Waals surface area contributed by atoms with E-state index in [1.54, 1.807) is 6.92 Å². The van der Waals surface area contributed by atoms with E-state index < -0.39 is 15.8 Å². The second-order valence-corrected chi connectivity index (χ2v) is 6.29. The van der Waals surface area contributed by atoms with Crippen LogP contribution in [0.1, 0.15) is 13.8 Å². The molecule has 0 aliphatic rings. The predicted octanol–water partition coefficient (Wildman–Crippen LogP) is 2.29. The molecule has 102 valence electrons. The van der Waals surface area contributed by atoms with Gasteiger partial charge in [-0.05, 0) is 48.0 Å². The van der Waals surface area contributed by atoms with E-state index in [9.17, 15) is 12.8 Å². The maximum atomic E-state index is 12.9. The van der Waals surface area contributed by atoms with Crippen LogP contribution < -0.4 is 4.72 Å². The number of rotatable bonds is 6. The Balaban J connectivity index is 2.86. The van der Waals surface area contributed by atoms with Gasteiger partial charge in [0.05, 0.1) is 11.5 Å². The number of halogens is 2. The van der Waals surface area contributed by atoms with Crippen LogP contribution in [-0.2, 0) is 14.8 Å². The molecule has 1 aromatic rings. The van der Waals surface area contributed by atoms with Crippen LogP contribution in [0.25, 0.3) is 0 Å². The molecule has 0 amide bonds. The number of ether oxygens (including phenoxy) is 1. The summed E-state index contributed by atoms with van der Waals surface area (Å²) in [4.78, 5) is 0.00671.